The molecule has 0 aliphatic heterocycles. The monoisotopic (exact) mass is 302 g/mol. The maximum absolute atomic E-state index is 11.8. The van der Waals surface area contributed by atoms with Crippen LogP contribution in [0.15, 0.2) is 22.7 Å². The molecule has 0 atom stereocenters. The minimum absolute atomic E-state index is 0.0658. The highest BCUT2D eigenvalue weighted by atomic mass is 79.9. The molecule has 1 rings (SSSR count). The summed E-state index contributed by atoms with van der Waals surface area (Å²) in [5, 5.41) is 0.371. The van der Waals surface area contributed by atoms with Gasteiger partial charge in [0.05, 0.1) is 11.4 Å². The van der Waals surface area contributed by atoms with Gasteiger partial charge in [-0.3, -0.25) is 9.59 Å². The first-order valence-corrected chi connectivity index (χ1v) is 6.10. The lowest BCUT2D eigenvalue weighted by Gasteiger charge is -2.05. The van der Waals surface area contributed by atoms with E-state index in [0.29, 0.717) is 10.6 Å². The molecule has 1 aromatic carbocycles. The van der Waals surface area contributed by atoms with Crippen LogP contribution in [0.3, 0.4) is 0 Å². The van der Waals surface area contributed by atoms with Crippen LogP contribution in [-0.2, 0) is 4.79 Å². The van der Waals surface area contributed by atoms with Gasteiger partial charge in [0, 0.05) is 16.0 Å². The summed E-state index contributed by atoms with van der Waals surface area (Å²) in [6.45, 7) is 3.55. The van der Waals surface area contributed by atoms with E-state index >= 15 is 0 Å². The van der Waals surface area contributed by atoms with Gasteiger partial charge in [-0.25, -0.2) is 0 Å². The number of halogens is 2. The molecule has 0 aliphatic rings. The van der Waals surface area contributed by atoms with Crippen molar-refractivity contribution in [3.8, 4) is 0 Å². The van der Waals surface area contributed by atoms with Crippen LogP contribution in [0.1, 0.15) is 30.6 Å². The van der Waals surface area contributed by atoms with Gasteiger partial charge in [-0.15, -0.1) is 0 Å². The number of carbonyl (C=O) groups excluding carboxylic acids is 2. The molecule has 86 valence electrons. The molecule has 0 radical (unpaired) electrons. The van der Waals surface area contributed by atoms with Crippen molar-refractivity contribution < 1.29 is 9.59 Å². The first-order valence-electron chi connectivity index (χ1n) is 4.92. The van der Waals surface area contributed by atoms with Gasteiger partial charge in [0.2, 0.25) is 0 Å². The molecule has 0 saturated heterocycles. The normalized spacial score (nSPS) is 10.6. The minimum Gasteiger partial charge on any atom is -0.299 e. The standard InChI is InChI=1S/C12H12BrClO2/c1-7(2)11(15)6-12(16)9-4-3-8(13)5-10(9)14/h3-5,7H,6H2,1-2H3. The smallest absolute Gasteiger partial charge is 0.171 e. The van der Waals surface area contributed by atoms with Gasteiger partial charge in [-0.1, -0.05) is 41.4 Å². The van der Waals surface area contributed by atoms with E-state index in [1.54, 1.807) is 32.0 Å². The lowest BCUT2D eigenvalue weighted by Crippen LogP contribution is -2.13. The number of carbonyl (C=O) groups is 2. The zero-order chi connectivity index (χ0) is 12.3. The summed E-state index contributed by atoms with van der Waals surface area (Å²) >= 11 is 9.18. The van der Waals surface area contributed by atoms with Crippen molar-refractivity contribution in [1.82, 2.24) is 0 Å². The lowest BCUT2D eigenvalue weighted by atomic mass is 10.00. The van der Waals surface area contributed by atoms with E-state index in [0.717, 1.165) is 4.47 Å². The minimum atomic E-state index is -0.226. The van der Waals surface area contributed by atoms with Crippen molar-refractivity contribution in [2.45, 2.75) is 20.3 Å². The molecule has 0 aliphatic carbocycles. The fraction of sp³-hybridized carbons (Fsp3) is 0.333. The van der Waals surface area contributed by atoms with E-state index in [2.05, 4.69) is 15.9 Å². The summed E-state index contributed by atoms with van der Waals surface area (Å²) in [7, 11) is 0. The van der Waals surface area contributed by atoms with Gasteiger partial charge < -0.3 is 0 Å². The molecule has 0 N–H and O–H groups in total. The Hall–Kier alpha value is -0.670. The SMILES string of the molecule is CC(C)C(=O)CC(=O)c1ccc(Br)cc1Cl. The molecule has 4 heteroatoms. The van der Waals surface area contributed by atoms with Crippen LogP contribution in [0.5, 0.6) is 0 Å². The van der Waals surface area contributed by atoms with Crippen molar-refractivity contribution in [2.75, 3.05) is 0 Å². The average Bonchev–Trinajstić information content (AvgIpc) is 2.16. The Morgan fingerprint density at radius 1 is 1.38 bits per heavy atom. The van der Waals surface area contributed by atoms with E-state index in [4.69, 9.17) is 11.6 Å². The average molecular weight is 304 g/mol. The van der Waals surface area contributed by atoms with Crippen molar-refractivity contribution >= 4 is 39.1 Å². The third kappa shape index (κ3) is 3.42. The molecule has 0 fully saturated rings. The highest BCUT2D eigenvalue weighted by Crippen LogP contribution is 2.22. The maximum atomic E-state index is 11.8. The van der Waals surface area contributed by atoms with Crippen LogP contribution in [0.25, 0.3) is 0 Å². The third-order valence-electron chi connectivity index (χ3n) is 2.21. The second-order valence-electron chi connectivity index (χ2n) is 3.85. The maximum Gasteiger partial charge on any atom is 0.171 e. The molecule has 16 heavy (non-hydrogen) atoms. The molecular weight excluding hydrogens is 291 g/mol. The number of ketones is 2. The van der Waals surface area contributed by atoms with Crippen LogP contribution in [0, 0.1) is 5.92 Å². The summed E-state index contributed by atoms with van der Waals surface area (Å²) < 4.78 is 0.809. The molecule has 0 heterocycles. The fourth-order valence-corrected chi connectivity index (χ4v) is 1.95. The highest BCUT2D eigenvalue weighted by molar-refractivity contribution is 9.10. The summed E-state index contributed by atoms with van der Waals surface area (Å²) in [5.41, 5.74) is 0.402. The second-order valence-corrected chi connectivity index (χ2v) is 5.17. The van der Waals surface area contributed by atoms with Crippen molar-refractivity contribution in [3.63, 3.8) is 0 Å². The van der Waals surface area contributed by atoms with Gasteiger partial charge >= 0.3 is 0 Å². The largest absolute Gasteiger partial charge is 0.299 e. The van der Waals surface area contributed by atoms with Crippen LogP contribution in [0.2, 0.25) is 5.02 Å². The number of Topliss-reactive ketones (excluding diaryl/α,β-unsaturated/α-hetero) is 2. The summed E-state index contributed by atoms with van der Waals surface area (Å²) in [6.07, 6.45) is -0.0843. The van der Waals surface area contributed by atoms with Gasteiger partial charge in [0.15, 0.2) is 5.78 Å². The summed E-state index contributed by atoms with van der Waals surface area (Å²) in [4.78, 5) is 23.2. The number of hydrogen-bond acceptors (Lipinski definition) is 2. The van der Waals surface area contributed by atoms with Crippen molar-refractivity contribution in [2.24, 2.45) is 5.92 Å². The number of benzene rings is 1. The molecule has 0 saturated carbocycles. The van der Waals surface area contributed by atoms with Crippen LogP contribution in [-0.4, -0.2) is 11.6 Å². The molecule has 0 spiro atoms. The number of hydrogen-bond donors (Lipinski definition) is 0. The van der Waals surface area contributed by atoms with Gasteiger partial charge in [-0.05, 0) is 18.2 Å². The third-order valence-corrected chi connectivity index (χ3v) is 3.02. The zero-order valence-electron chi connectivity index (χ0n) is 9.09. The Bertz CT molecular complexity index is 427. The van der Waals surface area contributed by atoms with Crippen LogP contribution in [0.4, 0.5) is 0 Å². The first-order chi connectivity index (χ1) is 7.41. The van der Waals surface area contributed by atoms with Crippen molar-refractivity contribution in [3.05, 3.63) is 33.3 Å². The first kappa shape index (κ1) is 13.4. The molecule has 0 aromatic heterocycles. The van der Waals surface area contributed by atoms with E-state index in [1.165, 1.54) is 0 Å². The van der Waals surface area contributed by atoms with Gasteiger partial charge in [0.25, 0.3) is 0 Å². The topological polar surface area (TPSA) is 34.1 Å². The Balaban J connectivity index is 2.85. The summed E-state index contributed by atoms with van der Waals surface area (Å²) in [6, 6.07) is 5.01. The predicted octanol–water partition coefficient (Wildman–Crippen LogP) is 3.90. The molecular formula is C12H12BrClO2. The molecule has 1 aromatic rings. The zero-order valence-corrected chi connectivity index (χ0v) is 11.4. The van der Waals surface area contributed by atoms with E-state index < -0.39 is 0 Å². The van der Waals surface area contributed by atoms with Crippen LogP contribution >= 0.6 is 27.5 Å². The molecule has 0 unspecified atom stereocenters. The van der Waals surface area contributed by atoms with Crippen LogP contribution < -0.4 is 0 Å². The lowest BCUT2D eigenvalue weighted by molar-refractivity contribution is -0.121. The Kier molecular flexibility index (Phi) is 4.69. The Morgan fingerprint density at radius 2 is 2.00 bits per heavy atom. The second kappa shape index (κ2) is 5.60. The summed E-state index contributed by atoms with van der Waals surface area (Å²) in [5.74, 6) is -0.418. The fourth-order valence-electron chi connectivity index (χ4n) is 1.17. The number of rotatable bonds is 4. The van der Waals surface area contributed by atoms with E-state index in [-0.39, 0.29) is 23.9 Å². The van der Waals surface area contributed by atoms with E-state index in [9.17, 15) is 9.59 Å². The predicted molar refractivity (Wildman–Crippen MR) is 67.9 cm³/mol. The highest BCUT2D eigenvalue weighted by Gasteiger charge is 2.16. The Morgan fingerprint density at radius 3 is 2.50 bits per heavy atom. The van der Waals surface area contributed by atoms with Gasteiger partial charge in [0.1, 0.15) is 5.78 Å². The Labute approximate surface area is 108 Å². The molecule has 2 nitrogen and oxygen atoms in total. The molecule has 0 bridgehead atoms. The van der Waals surface area contributed by atoms with E-state index in [1.807, 2.05) is 0 Å². The molecule has 0 amide bonds. The van der Waals surface area contributed by atoms with Gasteiger partial charge in [-0.2, -0.15) is 0 Å². The van der Waals surface area contributed by atoms with Crippen molar-refractivity contribution in [1.29, 1.82) is 0 Å². The quantitative estimate of drug-likeness (QED) is 0.624.